The lowest BCUT2D eigenvalue weighted by Gasteiger charge is -2.45. The average molecular weight is 274 g/mol. The van der Waals surface area contributed by atoms with Crippen molar-refractivity contribution in [3.8, 4) is 5.75 Å². The number of hydrogen-bond donors (Lipinski definition) is 3. The van der Waals surface area contributed by atoms with Crippen molar-refractivity contribution in [2.45, 2.75) is 50.7 Å². The van der Waals surface area contributed by atoms with Gasteiger partial charge in [-0.2, -0.15) is 0 Å². The van der Waals surface area contributed by atoms with Crippen LogP contribution in [0.5, 0.6) is 5.75 Å². The molecule has 2 fully saturated rings. The maximum Gasteiger partial charge on any atom is 0.115 e. The third-order valence-corrected chi connectivity index (χ3v) is 6.39. The number of aliphatic hydroxyl groups excluding tert-OH is 2. The minimum Gasteiger partial charge on any atom is -0.508 e. The topological polar surface area (TPSA) is 60.7 Å². The summed E-state index contributed by atoms with van der Waals surface area (Å²) in [7, 11) is 0. The van der Waals surface area contributed by atoms with Crippen molar-refractivity contribution in [1.82, 2.24) is 0 Å². The lowest BCUT2D eigenvalue weighted by molar-refractivity contribution is -0.0465. The number of aliphatic hydroxyl groups is 2. The number of phenolic OH excluding ortho intramolecular Hbond substituents is 1. The predicted molar refractivity (Wildman–Crippen MR) is 75.5 cm³/mol. The van der Waals surface area contributed by atoms with Gasteiger partial charge in [-0.15, -0.1) is 0 Å². The van der Waals surface area contributed by atoms with Crippen molar-refractivity contribution in [2.24, 2.45) is 17.3 Å². The summed E-state index contributed by atoms with van der Waals surface area (Å²) >= 11 is 0. The van der Waals surface area contributed by atoms with E-state index in [1.807, 2.05) is 12.1 Å². The van der Waals surface area contributed by atoms with Gasteiger partial charge in [-0.05, 0) is 72.1 Å². The van der Waals surface area contributed by atoms with E-state index in [4.69, 9.17) is 0 Å². The van der Waals surface area contributed by atoms with Gasteiger partial charge >= 0.3 is 0 Å². The molecule has 20 heavy (non-hydrogen) atoms. The summed E-state index contributed by atoms with van der Waals surface area (Å²) in [4.78, 5) is 0. The Morgan fingerprint density at radius 1 is 1.25 bits per heavy atom. The number of rotatable bonds is 0. The molecule has 0 heterocycles. The van der Waals surface area contributed by atoms with E-state index < -0.39 is 12.2 Å². The van der Waals surface area contributed by atoms with Gasteiger partial charge in [0.25, 0.3) is 0 Å². The summed E-state index contributed by atoms with van der Waals surface area (Å²) < 4.78 is 0. The summed E-state index contributed by atoms with van der Waals surface area (Å²) in [6.45, 7) is 2.15. The molecule has 0 spiro atoms. The number of hydrogen-bond acceptors (Lipinski definition) is 3. The number of aromatic hydroxyl groups is 1. The van der Waals surface area contributed by atoms with Crippen LogP contribution in [0.3, 0.4) is 0 Å². The molecule has 4 rings (SSSR count). The molecule has 108 valence electrons. The zero-order valence-electron chi connectivity index (χ0n) is 11.8. The molecule has 3 nitrogen and oxygen atoms in total. The van der Waals surface area contributed by atoms with Gasteiger partial charge in [-0.25, -0.2) is 0 Å². The van der Waals surface area contributed by atoms with Gasteiger partial charge in [-0.1, -0.05) is 13.0 Å². The summed E-state index contributed by atoms with van der Waals surface area (Å²) in [5, 5.41) is 30.2. The monoisotopic (exact) mass is 274 g/mol. The van der Waals surface area contributed by atoms with Crippen LogP contribution in [-0.2, 0) is 6.42 Å². The van der Waals surface area contributed by atoms with Crippen molar-refractivity contribution in [1.29, 1.82) is 0 Å². The van der Waals surface area contributed by atoms with Crippen LogP contribution in [0.2, 0.25) is 0 Å². The fourth-order valence-electron chi connectivity index (χ4n) is 5.31. The summed E-state index contributed by atoms with van der Waals surface area (Å²) in [6.07, 6.45) is 2.62. The Bertz CT molecular complexity index is 555. The summed E-state index contributed by atoms with van der Waals surface area (Å²) in [5.74, 6) is 1.75. The van der Waals surface area contributed by atoms with E-state index in [0.29, 0.717) is 23.5 Å². The largest absolute Gasteiger partial charge is 0.508 e. The van der Waals surface area contributed by atoms with Crippen molar-refractivity contribution in [3.63, 3.8) is 0 Å². The van der Waals surface area contributed by atoms with Gasteiger partial charge in [-0.3, -0.25) is 0 Å². The van der Waals surface area contributed by atoms with E-state index in [-0.39, 0.29) is 5.41 Å². The van der Waals surface area contributed by atoms with Gasteiger partial charge in [0.1, 0.15) is 5.75 Å². The average Bonchev–Trinajstić information content (AvgIpc) is 2.88. The molecule has 3 heteroatoms. The lowest BCUT2D eigenvalue weighted by Crippen LogP contribution is -2.42. The Labute approximate surface area is 119 Å². The molecule has 0 aliphatic heterocycles. The molecule has 3 aliphatic rings. The van der Waals surface area contributed by atoms with Crippen LogP contribution in [0, 0.1) is 17.3 Å². The molecule has 3 aliphatic carbocycles. The zero-order valence-corrected chi connectivity index (χ0v) is 11.8. The molecule has 0 amide bonds. The molecule has 0 aromatic heterocycles. The van der Waals surface area contributed by atoms with E-state index in [1.54, 1.807) is 6.07 Å². The van der Waals surface area contributed by atoms with Crippen LogP contribution in [0.25, 0.3) is 0 Å². The van der Waals surface area contributed by atoms with Crippen molar-refractivity contribution < 1.29 is 15.3 Å². The van der Waals surface area contributed by atoms with Crippen LogP contribution < -0.4 is 0 Å². The molecule has 0 bridgehead atoms. The number of fused-ring (bicyclic) bond motifs is 5. The van der Waals surface area contributed by atoms with E-state index in [1.165, 1.54) is 11.1 Å². The van der Waals surface area contributed by atoms with Gasteiger partial charge in [0, 0.05) is 0 Å². The number of benzene rings is 1. The van der Waals surface area contributed by atoms with Crippen LogP contribution in [-0.4, -0.2) is 27.5 Å². The third-order valence-electron chi connectivity index (χ3n) is 6.39. The first-order chi connectivity index (χ1) is 9.50. The highest BCUT2D eigenvalue weighted by molar-refractivity contribution is 5.42. The zero-order chi connectivity index (χ0) is 14.1. The summed E-state index contributed by atoms with van der Waals surface area (Å²) in [6, 6.07) is 5.74. The first-order valence-electron chi connectivity index (χ1n) is 7.68. The van der Waals surface area contributed by atoms with Crippen LogP contribution >= 0.6 is 0 Å². The first-order valence-corrected chi connectivity index (χ1v) is 7.68. The van der Waals surface area contributed by atoms with E-state index in [0.717, 1.165) is 25.7 Å². The highest BCUT2D eigenvalue weighted by atomic mass is 16.3. The molecule has 1 aromatic carbocycles. The van der Waals surface area contributed by atoms with Gasteiger partial charge in [0.05, 0.1) is 12.2 Å². The Balaban J connectivity index is 1.73. The lowest BCUT2D eigenvalue weighted by atomic mass is 9.60. The van der Waals surface area contributed by atoms with E-state index >= 15 is 0 Å². The minimum atomic E-state index is -0.578. The standard InChI is InChI=1S/C17H22O3/c1-17-5-4-11-12-7-10(18)3-2-9(12)6-13(11)14(17)8-15(19)16(17)20/h2-3,7,11,13-16,18-20H,4-6,8H2,1H3/t11-,13+,14+,15+,16+,17+/m1/s1. The van der Waals surface area contributed by atoms with Crippen molar-refractivity contribution in [2.75, 3.05) is 0 Å². The SMILES string of the molecule is C[C@]12CC[C@@H]3c4cc(O)ccc4C[C@@H]3[C@@H]1C[C@H](O)[C@@H]2O. The highest BCUT2D eigenvalue weighted by Gasteiger charge is 2.58. The maximum atomic E-state index is 10.3. The fraction of sp³-hybridized carbons (Fsp3) is 0.647. The van der Waals surface area contributed by atoms with Crippen LogP contribution in [0.15, 0.2) is 18.2 Å². The van der Waals surface area contributed by atoms with E-state index in [9.17, 15) is 15.3 Å². The van der Waals surface area contributed by atoms with E-state index in [2.05, 4.69) is 6.92 Å². The Kier molecular flexibility index (Phi) is 2.52. The Morgan fingerprint density at radius 3 is 2.85 bits per heavy atom. The third kappa shape index (κ3) is 1.48. The Hall–Kier alpha value is -1.06. The number of phenols is 1. The predicted octanol–water partition coefficient (Wildman–Crippen LogP) is 2.19. The van der Waals surface area contributed by atoms with Gasteiger partial charge < -0.3 is 15.3 Å². The van der Waals surface area contributed by atoms with Crippen molar-refractivity contribution >= 4 is 0 Å². The highest BCUT2D eigenvalue weighted by Crippen LogP contribution is 2.61. The fourth-order valence-corrected chi connectivity index (χ4v) is 5.31. The molecule has 2 saturated carbocycles. The van der Waals surface area contributed by atoms with Crippen LogP contribution in [0.4, 0.5) is 0 Å². The molecule has 0 unspecified atom stereocenters. The maximum absolute atomic E-state index is 10.3. The second-order valence-corrected chi connectivity index (χ2v) is 7.26. The molecule has 0 saturated heterocycles. The molecular weight excluding hydrogens is 252 g/mol. The second kappa shape index (κ2) is 3.99. The molecule has 3 N–H and O–H groups in total. The quantitative estimate of drug-likeness (QED) is 0.679. The second-order valence-electron chi connectivity index (χ2n) is 7.26. The molecule has 0 radical (unpaired) electrons. The van der Waals surface area contributed by atoms with Crippen LogP contribution in [0.1, 0.15) is 43.2 Å². The smallest absolute Gasteiger partial charge is 0.115 e. The molecule has 6 atom stereocenters. The normalized spacial score (nSPS) is 45.9. The Morgan fingerprint density at radius 2 is 2.05 bits per heavy atom. The summed E-state index contributed by atoms with van der Waals surface area (Å²) in [5.41, 5.74) is 2.51. The molecule has 1 aromatic rings. The first kappa shape index (κ1) is 12.7. The van der Waals surface area contributed by atoms with Crippen molar-refractivity contribution in [3.05, 3.63) is 29.3 Å². The van der Waals surface area contributed by atoms with Gasteiger partial charge in [0.2, 0.25) is 0 Å². The minimum absolute atomic E-state index is 0.134. The van der Waals surface area contributed by atoms with Gasteiger partial charge in [0.15, 0.2) is 0 Å². The molecular formula is C17H22O3.